The monoisotopic (exact) mass is 404 g/mol. The maximum Gasteiger partial charge on any atom is 0.233 e. The van der Waals surface area contributed by atoms with Crippen LogP contribution in [0.15, 0.2) is 66.7 Å². The Morgan fingerprint density at radius 1 is 0.567 bits per heavy atom. The van der Waals surface area contributed by atoms with Crippen molar-refractivity contribution >= 4 is 11.6 Å². The van der Waals surface area contributed by atoms with E-state index in [-0.39, 0.29) is 0 Å². The van der Waals surface area contributed by atoms with E-state index >= 15 is 0 Å². The highest BCUT2D eigenvalue weighted by atomic mass is 16.5. The molecule has 5 nitrogen and oxygen atoms in total. The van der Waals surface area contributed by atoms with Crippen LogP contribution in [0.1, 0.15) is 31.8 Å². The van der Waals surface area contributed by atoms with Gasteiger partial charge in [0.15, 0.2) is 0 Å². The largest absolute Gasteiger partial charge is 0.497 e. The molecular formula is C25H24O5. The van der Waals surface area contributed by atoms with Crippen LogP contribution in [0.25, 0.3) is 0 Å². The number of aryl methyl sites for hydroxylation is 2. The first-order valence-corrected chi connectivity index (χ1v) is 9.58. The topological polar surface area (TPSA) is 61.8 Å². The number of benzene rings is 3. The Kier molecular flexibility index (Phi) is 6.86. The van der Waals surface area contributed by atoms with Crippen LogP contribution in [0, 0.1) is 0 Å². The van der Waals surface area contributed by atoms with Crippen molar-refractivity contribution in [3.8, 4) is 17.2 Å². The van der Waals surface area contributed by atoms with Crippen molar-refractivity contribution in [2.45, 2.75) is 12.8 Å². The number of carbonyl (C=O) groups excluding carboxylic acids is 2. The molecule has 0 N–H and O–H groups in total. The first-order valence-electron chi connectivity index (χ1n) is 9.58. The molecule has 0 aromatic heterocycles. The minimum Gasteiger partial charge on any atom is -0.497 e. The first-order chi connectivity index (χ1) is 14.5. The lowest BCUT2D eigenvalue weighted by atomic mass is 9.97. The van der Waals surface area contributed by atoms with Crippen LogP contribution in [-0.4, -0.2) is 32.9 Å². The highest BCUT2D eigenvalue weighted by molar-refractivity contribution is 6.49. The molecule has 0 heterocycles. The molecule has 0 aliphatic heterocycles. The molecule has 30 heavy (non-hydrogen) atoms. The van der Waals surface area contributed by atoms with Gasteiger partial charge in [0.05, 0.1) is 21.3 Å². The summed E-state index contributed by atoms with van der Waals surface area (Å²) in [6.07, 6.45) is 1.50. The average Bonchev–Trinajstić information content (AvgIpc) is 2.81. The minimum absolute atomic E-state index is 0.319. The Balaban J connectivity index is 1.78. The molecule has 5 heteroatoms. The quantitative estimate of drug-likeness (QED) is 0.386. The van der Waals surface area contributed by atoms with E-state index in [1.165, 1.54) is 0 Å². The number of carbonyl (C=O) groups is 2. The molecule has 3 aromatic carbocycles. The van der Waals surface area contributed by atoms with Crippen LogP contribution >= 0.6 is 0 Å². The van der Waals surface area contributed by atoms with Gasteiger partial charge in [0, 0.05) is 11.1 Å². The van der Waals surface area contributed by atoms with Crippen molar-refractivity contribution in [2.24, 2.45) is 0 Å². The SMILES string of the molecule is COc1ccc(CCc2cc(OC)cc(C(=O)C(=O)c3ccc(OC)cc3)c2)cc1. The van der Waals surface area contributed by atoms with Crippen molar-refractivity contribution < 1.29 is 23.8 Å². The van der Waals surface area contributed by atoms with Gasteiger partial charge in [-0.25, -0.2) is 0 Å². The van der Waals surface area contributed by atoms with Crippen LogP contribution in [0.4, 0.5) is 0 Å². The number of rotatable bonds is 9. The Morgan fingerprint density at radius 3 is 1.63 bits per heavy atom. The molecule has 0 unspecified atom stereocenters. The Hall–Kier alpha value is -3.60. The predicted octanol–water partition coefficient (Wildman–Crippen LogP) is 4.56. The molecule has 0 fully saturated rings. The molecule has 0 amide bonds. The zero-order valence-corrected chi connectivity index (χ0v) is 17.3. The van der Waals surface area contributed by atoms with E-state index in [4.69, 9.17) is 14.2 Å². The van der Waals surface area contributed by atoms with Crippen LogP contribution in [0.3, 0.4) is 0 Å². The second-order valence-electron chi connectivity index (χ2n) is 6.80. The molecule has 154 valence electrons. The standard InChI is InChI=1S/C25H24O5/c1-28-21-10-6-17(7-11-21)4-5-18-14-20(16-23(15-18)30-3)25(27)24(26)19-8-12-22(29-2)13-9-19/h6-16H,4-5H2,1-3H3. The zero-order valence-electron chi connectivity index (χ0n) is 17.3. The maximum atomic E-state index is 12.8. The van der Waals surface area contributed by atoms with Gasteiger partial charge < -0.3 is 14.2 Å². The van der Waals surface area contributed by atoms with Crippen molar-refractivity contribution in [1.29, 1.82) is 0 Å². The second kappa shape index (κ2) is 9.74. The summed E-state index contributed by atoms with van der Waals surface area (Å²) in [7, 11) is 4.73. The van der Waals surface area contributed by atoms with Crippen molar-refractivity contribution in [1.82, 2.24) is 0 Å². The molecule has 0 aliphatic rings. The third-order valence-electron chi connectivity index (χ3n) is 4.88. The Bertz CT molecular complexity index is 1020. The van der Waals surface area contributed by atoms with Gasteiger partial charge in [-0.1, -0.05) is 12.1 Å². The van der Waals surface area contributed by atoms with Gasteiger partial charge in [-0.05, 0) is 78.6 Å². The summed E-state index contributed by atoms with van der Waals surface area (Å²) in [6.45, 7) is 0. The van der Waals surface area contributed by atoms with E-state index in [0.717, 1.165) is 23.3 Å². The molecule has 3 aromatic rings. The van der Waals surface area contributed by atoms with Gasteiger partial charge in [-0.2, -0.15) is 0 Å². The summed E-state index contributed by atoms with van der Waals surface area (Å²) in [5.74, 6) is 0.858. The van der Waals surface area contributed by atoms with Crippen LogP contribution in [0.5, 0.6) is 17.2 Å². The maximum absolute atomic E-state index is 12.8. The van der Waals surface area contributed by atoms with Gasteiger partial charge in [0.2, 0.25) is 11.6 Å². The molecule has 3 rings (SSSR count). The van der Waals surface area contributed by atoms with Gasteiger partial charge in [0.25, 0.3) is 0 Å². The van der Waals surface area contributed by atoms with Crippen LogP contribution in [0.2, 0.25) is 0 Å². The number of ketones is 2. The second-order valence-corrected chi connectivity index (χ2v) is 6.80. The lowest BCUT2D eigenvalue weighted by Crippen LogP contribution is -2.15. The van der Waals surface area contributed by atoms with Crippen molar-refractivity contribution in [2.75, 3.05) is 21.3 Å². The molecule has 0 saturated heterocycles. The molecule has 0 spiro atoms. The van der Waals surface area contributed by atoms with E-state index in [9.17, 15) is 9.59 Å². The summed E-state index contributed by atoms with van der Waals surface area (Å²) in [5.41, 5.74) is 2.72. The molecule has 0 atom stereocenters. The number of methoxy groups -OCH3 is 3. The van der Waals surface area contributed by atoms with Crippen molar-refractivity contribution in [3.05, 3.63) is 89.0 Å². The Labute approximate surface area is 176 Å². The molecule has 0 saturated carbocycles. The molecule has 0 aliphatic carbocycles. The minimum atomic E-state index is -0.565. The highest BCUT2D eigenvalue weighted by Crippen LogP contribution is 2.21. The van der Waals surface area contributed by atoms with Gasteiger partial charge in [-0.3, -0.25) is 9.59 Å². The number of Topliss-reactive ketones (excluding diaryl/α,β-unsaturated/α-hetero) is 2. The highest BCUT2D eigenvalue weighted by Gasteiger charge is 2.20. The third kappa shape index (κ3) is 5.06. The predicted molar refractivity (Wildman–Crippen MR) is 115 cm³/mol. The van der Waals surface area contributed by atoms with Gasteiger partial charge >= 0.3 is 0 Å². The number of hydrogen-bond acceptors (Lipinski definition) is 5. The summed E-state index contributed by atoms with van der Waals surface area (Å²) in [6, 6.07) is 19.6. The number of hydrogen-bond donors (Lipinski definition) is 0. The third-order valence-corrected chi connectivity index (χ3v) is 4.88. The van der Waals surface area contributed by atoms with E-state index in [0.29, 0.717) is 29.0 Å². The van der Waals surface area contributed by atoms with E-state index < -0.39 is 11.6 Å². The smallest absolute Gasteiger partial charge is 0.233 e. The molecule has 0 bridgehead atoms. The summed E-state index contributed by atoms with van der Waals surface area (Å²) < 4.78 is 15.6. The fourth-order valence-corrected chi connectivity index (χ4v) is 3.14. The summed E-state index contributed by atoms with van der Waals surface area (Å²) in [4.78, 5) is 25.5. The lowest BCUT2D eigenvalue weighted by molar-refractivity contribution is 0.0816. The first kappa shape index (κ1) is 21.1. The van der Waals surface area contributed by atoms with E-state index in [1.807, 2.05) is 30.3 Å². The fraction of sp³-hybridized carbons (Fsp3) is 0.200. The van der Waals surface area contributed by atoms with E-state index in [2.05, 4.69) is 0 Å². The molecule has 0 radical (unpaired) electrons. The number of ether oxygens (including phenoxy) is 3. The van der Waals surface area contributed by atoms with Gasteiger partial charge in [0.1, 0.15) is 17.2 Å². The van der Waals surface area contributed by atoms with Gasteiger partial charge in [-0.15, -0.1) is 0 Å². The lowest BCUT2D eigenvalue weighted by Gasteiger charge is -2.09. The summed E-state index contributed by atoms with van der Waals surface area (Å²) >= 11 is 0. The van der Waals surface area contributed by atoms with Crippen LogP contribution < -0.4 is 14.2 Å². The van der Waals surface area contributed by atoms with E-state index in [1.54, 1.807) is 57.7 Å². The van der Waals surface area contributed by atoms with Crippen LogP contribution in [-0.2, 0) is 12.8 Å². The fourth-order valence-electron chi connectivity index (χ4n) is 3.14. The average molecular weight is 404 g/mol. The summed E-state index contributed by atoms with van der Waals surface area (Å²) in [5, 5.41) is 0. The normalized spacial score (nSPS) is 10.4. The Morgan fingerprint density at radius 2 is 1.07 bits per heavy atom. The zero-order chi connectivity index (χ0) is 21.5. The molecular weight excluding hydrogens is 380 g/mol. The van der Waals surface area contributed by atoms with Crippen molar-refractivity contribution in [3.63, 3.8) is 0 Å².